The van der Waals surface area contributed by atoms with Crippen LogP contribution in [0.4, 0.5) is 15.6 Å². The van der Waals surface area contributed by atoms with Crippen molar-refractivity contribution in [2.24, 2.45) is 0 Å². The number of methoxy groups -OCH3 is 2. The second-order valence-electron chi connectivity index (χ2n) is 7.04. The summed E-state index contributed by atoms with van der Waals surface area (Å²) < 4.78 is 11.5. The van der Waals surface area contributed by atoms with Crippen LogP contribution in [-0.2, 0) is 0 Å². The molecule has 2 aromatic carbocycles. The Kier molecular flexibility index (Phi) is 5.87. The maximum Gasteiger partial charge on any atom is 0.321 e. The number of thiazole rings is 1. The average Bonchev–Trinajstić information content (AvgIpc) is 3.23. The Morgan fingerprint density at radius 1 is 1.10 bits per heavy atom. The van der Waals surface area contributed by atoms with Crippen LogP contribution in [0.15, 0.2) is 30.3 Å². The minimum atomic E-state index is -0.145. The summed E-state index contributed by atoms with van der Waals surface area (Å²) in [5.74, 6) is 1.25. The number of nitrogens with zero attached hydrogens (tertiary/aromatic N) is 3. The first-order chi connectivity index (χ1) is 14.5. The number of aryl methyl sites for hydroxylation is 1. The summed E-state index contributed by atoms with van der Waals surface area (Å²) in [6, 6.07) is 9.06. The third kappa shape index (κ3) is 4.11. The van der Waals surface area contributed by atoms with Crippen molar-refractivity contribution in [2.75, 3.05) is 50.6 Å². The van der Waals surface area contributed by atoms with Crippen LogP contribution in [-0.4, -0.2) is 56.3 Å². The van der Waals surface area contributed by atoms with E-state index < -0.39 is 0 Å². The molecule has 0 spiro atoms. The summed E-state index contributed by atoms with van der Waals surface area (Å²) in [7, 11) is 3.16. The smallest absolute Gasteiger partial charge is 0.321 e. The number of anilines is 2. The van der Waals surface area contributed by atoms with Crippen molar-refractivity contribution in [2.45, 2.75) is 6.92 Å². The van der Waals surface area contributed by atoms with Crippen LogP contribution >= 0.6 is 22.9 Å². The van der Waals surface area contributed by atoms with E-state index in [0.29, 0.717) is 43.4 Å². The van der Waals surface area contributed by atoms with E-state index in [4.69, 9.17) is 26.1 Å². The van der Waals surface area contributed by atoms with Crippen LogP contribution in [0.3, 0.4) is 0 Å². The second-order valence-corrected chi connectivity index (χ2v) is 8.43. The fourth-order valence-corrected chi connectivity index (χ4v) is 4.78. The minimum absolute atomic E-state index is 0.145. The van der Waals surface area contributed by atoms with Gasteiger partial charge in [0.05, 0.1) is 29.5 Å². The zero-order valence-corrected chi connectivity index (χ0v) is 18.6. The van der Waals surface area contributed by atoms with E-state index in [0.717, 1.165) is 25.9 Å². The van der Waals surface area contributed by atoms with Gasteiger partial charge < -0.3 is 24.6 Å². The molecule has 1 saturated heterocycles. The fourth-order valence-electron chi connectivity index (χ4n) is 3.41. The molecule has 0 atom stereocenters. The topological polar surface area (TPSA) is 66.9 Å². The molecule has 9 heteroatoms. The number of piperazine rings is 1. The van der Waals surface area contributed by atoms with Gasteiger partial charge in [0.1, 0.15) is 11.5 Å². The molecule has 2 heterocycles. The Bertz CT molecular complexity index is 1020. The number of halogens is 1. The van der Waals surface area contributed by atoms with Gasteiger partial charge in [0.25, 0.3) is 0 Å². The molecule has 30 heavy (non-hydrogen) atoms. The molecule has 0 aliphatic carbocycles. The number of aromatic nitrogens is 1. The molecule has 0 saturated carbocycles. The summed E-state index contributed by atoms with van der Waals surface area (Å²) in [6.45, 7) is 4.68. The van der Waals surface area contributed by atoms with Crippen molar-refractivity contribution >= 4 is 50.0 Å². The van der Waals surface area contributed by atoms with Crippen molar-refractivity contribution < 1.29 is 14.3 Å². The Morgan fingerprint density at radius 3 is 2.37 bits per heavy atom. The second kappa shape index (κ2) is 8.57. The quantitative estimate of drug-likeness (QED) is 0.632. The molecule has 4 rings (SSSR count). The number of benzene rings is 2. The number of ether oxygens (including phenoxy) is 2. The predicted octanol–water partition coefficient (Wildman–Crippen LogP) is 4.63. The highest BCUT2D eigenvalue weighted by Gasteiger charge is 2.24. The highest BCUT2D eigenvalue weighted by Crippen LogP contribution is 2.36. The van der Waals surface area contributed by atoms with Crippen molar-refractivity contribution in [1.82, 2.24) is 9.88 Å². The molecule has 7 nitrogen and oxygen atoms in total. The molecule has 1 aromatic heterocycles. The number of hydrogen-bond acceptors (Lipinski definition) is 6. The predicted molar refractivity (Wildman–Crippen MR) is 122 cm³/mol. The zero-order valence-electron chi connectivity index (χ0n) is 17.1. The molecule has 1 aliphatic rings. The molecule has 1 N–H and O–H groups in total. The molecule has 1 aliphatic heterocycles. The van der Waals surface area contributed by atoms with Gasteiger partial charge in [-0.05, 0) is 18.6 Å². The van der Waals surface area contributed by atoms with E-state index in [2.05, 4.69) is 10.2 Å². The van der Waals surface area contributed by atoms with Gasteiger partial charge in [0.2, 0.25) is 0 Å². The van der Waals surface area contributed by atoms with Crippen molar-refractivity contribution in [3.8, 4) is 11.5 Å². The Labute approximate surface area is 184 Å². The zero-order chi connectivity index (χ0) is 21.3. The van der Waals surface area contributed by atoms with Crippen LogP contribution < -0.4 is 19.7 Å². The number of rotatable bonds is 4. The van der Waals surface area contributed by atoms with Gasteiger partial charge in [-0.2, -0.15) is 0 Å². The number of nitrogens with one attached hydrogen (secondary N) is 1. The standard InChI is InChI=1S/C21H23ClN4O3S/c1-13-4-5-17(22)19-18(13)24-21(30-19)26-8-6-25(7-9-26)20(27)23-14-10-15(28-2)12-16(11-14)29-3/h4-5,10-12H,6-9H2,1-3H3,(H,23,27). The lowest BCUT2D eigenvalue weighted by Crippen LogP contribution is -2.50. The number of carbonyl (C=O) groups is 1. The van der Waals surface area contributed by atoms with Gasteiger partial charge >= 0.3 is 6.03 Å². The summed E-state index contributed by atoms with van der Waals surface area (Å²) in [5, 5.41) is 4.60. The number of carbonyl (C=O) groups excluding carboxylic acids is 1. The van der Waals surface area contributed by atoms with Crippen LogP contribution in [0, 0.1) is 6.92 Å². The lowest BCUT2D eigenvalue weighted by Gasteiger charge is -2.34. The van der Waals surface area contributed by atoms with Gasteiger partial charge in [-0.1, -0.05) is 29.0 Å². The van der Waals surface area contributed by atoms with E-state index in [-0.39, 0.29) is 6.03 Å². The maximum atomic E-state index is 12.7. The van der Waals surface area contributed by atoms with E-state index >= 15 is 0 Å². The van der Waals surface area contributed by atoms with Crippen LogP contribution in [0.25, 0.3) is 10.2 Å². The van der Waals surface area contributed by atoms with Gasteiger partial charge in [-0.15, -0.1) is 0 Å². The lowest BCUT2D eigenvalue weighted by molar-refractivity contribution is 0.208. The summed E-state index contributed by atoms with van der Waals surface area (Å²) in [6.07, 6.45) is 0. The summed E-state index contributed by atoms with van der Waals surface area (Å²) in [4.78, 5) is 21.5. The van der Waals surface area contributed by atoms with Crippen LogP contribution in [0.5, 0.6) is 11.5 Å². The van der Waals surface area contributed by atoms with Gasteiger partial charge in [-0.25, -0.2) is 9.78 Å². The largest absolute Gasteiger partial charge is 0.497 e. The van der Waals surface area contributed by atoms with Gasteiger partial charge in [0.15, 0.2) is 5.13 Å². The molecule has 158 valence electrons. The van der Waals surface area contributed by atoms with E-state index in [9.17, 15) is 4.79 Å². The minimum Gasteiger partial charge on any atom is -0.497 e. The first-order valence-corrected chi connectivity index (χ1v) is 10.8. The molecule has 0 unspecified atom stereocenters. The molecule has 3 aromatic rings. The molecular weight excluding hydrogens is 424 g/mol. The third-order valence-electron chi connectivity index (χ3n) is 5.13. The first-order valence-electron chi connectivity index (χ1n) is 9.58. The number of amides is 2. The Hall–Kier alpha value is -2.71. The molecular formula is C21H23ClN4O3S. The normalized spacial score (nSPS) is 14.1. The number of fused-ring (bicyclic) bond motifs is 1. The maximum absolute atomic E-state index is 12.7. The molecule has 0 bridgehead atoms. The first kappa shape index (κ1) is 20.6. The molecule has 1 fully saturated rings. The summed E-state index contributed by atoms with van der Waals surface area (Å²) in [5.41, 5.74) is 2.70. The lowest BCUT2D eigenvalue weighted by atomic mass is 10.2. The van der Waals surface area contributed by atoms with Crippen LogP contribution in [0.1, 0.15) is 5.56 Å². The van der Waals surface area contributed by atoms with Gasteiger partial charge in [-0.3, -0.25) is 0 Å². The SMILES string of the molecule is COc1cc(NC(=O)N2CCN(c3nc4c(C)ccc(Cl)c4s3)CC2)cc(OC)c1. The van der Waals surface area contributed by atoms with E-state index in [1.54, 1.807) is 48.7 Å². The molecule has 2 amide bonds. The van der Waals surface area contributed by atoms with E-state index in [1.165, 1.54) is 0 Å². The fraction of sp³-hybridized carbons (Fsp3) is 0.333. The number of hydrogen-bond donors (Lipinski definition) is 1. The van der Waals surface area contributed by atoms with Crippen molar-refractivity contribution in [3.05, 3.63) is 40.9 Å². The van der Waals surface area contributed by atoms with E-state index in [1.807, 2.05) is 19.1 Å². The monoisotopic (exact) mass is 446 g/mol. The van der Waals surface area contributed by atoms with Crippen LogP contribution in [0.2, 0.25) is 5.02 Å². The van der Waals surface area contributed by atoms with Gasteiger partial charge in [0, 0.05) is 50.1 Å². The number of urea groups is 1. The highest BCUT2D eigenvalue weighted by atomic mass is 35.5. The molecule has 0 radical (unpaired) electrons. The Balaban J connectivity index is 1.42. The average molecular weight is 447 g/mol. The van der Waals surface area contributed by atoms with Crippen molar-refractivity contribution in [1.29, 1.82) is 0 Å². The third-order valence-corrected chi connectivity index (χ3v) is 6.70. The summed E-state index contributed by atoms with van der Waals surface area (Å²) >= 11 is 7.94. The van der Waals surface area contributed by atoms with Crippen molar-refractivity contribution in [3.63, 3.8) is 0 Å². The Morgan fingerprint density at radius 2 is 1.77 bits per heavy atom. The highest BCUT2D eigenvalue weighted by molar-refractivity contribution is 7.22.